The van der Waals surface area contributed by atoms with Gasteiger partial charge in [0, 0.05) is 32.5 Å². The van der Waals surface area contributed by atoms with Crippen molar-refractivity contribution in [2.45, 2.75) is 12.8 Å². The lowest BCUT2D eigenvalue weighted by molar-refractivity contribution is 0.194. The maximum absolute atomic E-state index is 4.92. The molecule has 66 valence electrons. The predicted octanol–water partition coefficient (Wildman–Crippen LogP) is 1.82. The molecule has 0 N–H and O–H groups in total. The van der Waals surface area contributed by atoms with Gasteiger partial charge in [0.05, 0.1) is 4.47 Å². The average Bonchev–Trinajstić information content (AvgIpc) is 2.09. The molecule has 0 saturated heterocycles. The highest BCUT2D eigenvalue weighted by atomic mass is 79.9. The first-order valence-corrected chi connectivity index (χ1v) is 4.57. The average molecular weight is 231 g/mol. The number of aromatic nitrogens is 2. The SMILES string of the molecule is COCCCc1ncc(Br)cn1. The van der Waals surface area contributed by atoms with E-state index in [0.29, 0.717) is 0 Å². The van der Waals surface area contributed by atoms with Crippen molar-refractivity contribution in [1.29, 1.82) is 0 Å². The van der Waals surface area contributed by atoms with Crippen LogP contribution in [0.5, 0.6) is 0 Å². The Kier molecular flexibility index (Phi) is 4.18. The van der Waals surface area contributed by atoms with Gasteiger partial charge in [-0.1, -0.05) is 0 Å². The second kappa shape index (κ2) is 5.22. The molecule has 1 aromatic rings. The highest BCUT2D eigenvalue weighted by Gasteiger charge is 1.95. The van der Waals surface area contributed by atoms with Crippen LogP contribution in [0.3, 0.4) is 0 Å². The fourth-order valence-corrected chi connectivity index (χ4v) is 1.05. The van der Waals surface area contributed by atoms with Crippen LogP contribution >= 0.6 is 15.9 Å². The first-order chi connectivity index (χ1) is 5.83. The Hall–Kier alpha value is -0.480. The minimum absolute atomic E-state index is 0.763. The van der Waals surface area contributed by atoms with Gasteiger partial charge in [-0.3, -0.25) is 0 Å². The van der Waals surface area contributed by atoms with E-state index in [9.17, 15) is 0 Å². The quantitative estimate of drug-likeness (QED) is 0.741. The van der Waals surface area contributed by atoms with E-state index in [0.717, 1.165) is 29.7 Å². The fourth-order valence-electron chi connectivity index (χ4n) is 0.843. The number of hydrogen-bond donors (Lipinski definition) is 0. The molecule has 0 amide bonds. The largest absolute Gasteiger partial charge is 0.385 e. The van der Waals surface area contributed by atoms with Crippen molar-refractivity contribution in [3.05, 3.63) is 22.7 Å². The molecule has 1 heterocycles. The summed E-state index contributed by atoms with van der Waals surface area (Å²) in [4.78, 5) is 8.27. The highest BCUT2D eigenvalue weighted by Crippen LogP contribution is 2.05. The van der Waals surface area contributed by atoms with Crippen LogP contribution in [0, 0.1) is 0 Å². The van der Waals surface area contributed by atoms with Gasteiger partial charge in [0.2, 0.25) is 0 Å². The standard InChI is InChI=1S/C8H11BrN2O/c1-12-4-2-3-8-10-5-7(9)6-11-8/h5-6H,2-4H2,1H3. The maximum atomic E-state index is 4.92. The second-order valence-electron chi connectivity index (χ2n) is 2.41. The normalized spacial score (nSPS) is 10.2. The van der Waals surface area contributed by atoms with Crippen LogP contribution in [-0.2, 0) is 11.2 Å². The minimum atomic E-state index is 0.763. The summed E-state index contributed by atoms with van der Waals surface area (Å²) in [5, 5.41) is 0. The number of ether oxygens (including phenoxy) is 1. The van der Waals surface area contributed by atoms with Gasteiger partial charge >= 0.3 is 0 Å². The number of aryl methyl sites for hydroxylation is 1. The summed E-state index contributed by atoms with van der Waals surface area (Å²) in [6, 6.07) is 0. The van der Waals surface area contributed by atoms with Gasteiger partial charge in [-0.05, 0) is 22.4 Å². The Morgan fingerprint density at radius 3 is 2.67 bits per heavy atom. The van der Waals surface area contributed by atoms with Crippen LogP contribution in [0.25, 0.3) is 0 Å². The van der Waals surface area contributed by atoms with E-state index in [1.54, 1.807) is 19.5 Å². The topological polar surface area (TPSA) is 35.0 Å². The lowest BCUT2D eigenvalue weighted by Crippen LogP contribution is -1.97. The van der Waals surface area contributed by atoms with Crippen LogP contribution in [0.4, 0.5) is 0 Å². The van der Waals surface area contributed by atoms with E-state index in [2.05, 4.69) is 25.9 Å². The van der Waals surface area contributed by atoms with E-state index >= 15 is 0 Å². The Labute approximate surface area is 80.3 Å². The number of halogens is 1. The maximum Gasteiger partial charge on any atom is 0.128 e. The van der Waals surface area contributed by atoms with Crippen LogP contribution in [0.15, 0.2) is 16.9 Å². The third-order valence-electron chi connectivity index (χ3n) is 1.42. The molecule has 1 aromatic heterocycles. The van der Waals surface area contributed by atoms with Crippen LogP contribution in [0.2, 0.25) is 0 Å². The molecule has 3 nitrogen and oxygen atoms in total. The molecular formula is C8H11BrN2O. The molecule has 12 heavy (non-hydrogen) atoms. The second-order valence-corrected chi connectivity index (χ2v) is 3.33. The summed E-state index contributed by atoms with van der Waals surface area (Å²) in [7, 11) is 1.70. The van der Waals surface area contributed by atoms with Gasteiger partial charge < -0.3 is 4.74 Å². The van der Waals surface area contributed by atoms with Gasteiger partial charge in [-0.2, -0.15) is 0 Å². The zero-order valence-corrected chi connectivity index (χ0v) is 8.54. The van der Waals surface area contributed by atoms with Gasteiger partial charge in [-0.25, -0.2) is 9.97 Å². The number of methoxy groups -OCH3 is 1. The van der Waals surface area contributed by atoms with E-state index in [1.807, 2.05) is 0 Å². The summed E-state index contributed by atoms with van der Waals surface area (Å²) in [5.74, 6) is 0.871. The Bertz CT molecular complexity index is 225. The number of rotatable bonds is 4. The zero-order valence-electron chi connectivity index (χ0n) is 6.96. The summed E-state index contributed by atoms with van der Waals surface area (Å²) >= 11 is 3.28. The monoisotopic (exact) mass is 230 g/mol. The third-order valence-corrected chi connectivity index (χ3v) is 1.83. The van der Waals surface area contributed by atoms with Crippen LogP contribution in [0.1, 0.15) is 12.2 Å². The number of hydrogen-bond acceptors (Lipinski definition) is 3. The molecule has 1 rings (SSSR count). The molecule has 4 heteroatoms. The Morgan fingerprint density at radius 1 is 1.42 bits per heavy atom. The summed E-state index contributed by atoms with van der Waals surface area (Å²) in [6.07, 6.45) is 5.36. The van der Waals surface area contributed by atoms with Gasteiger partial charge in [0.1, 0.15) is 5.82 Å². The van der Waals surface area contributed by atoms with Crippen molar-refractivity contribution in [1.82, 2.24) is 9.97 Å². The van der Waals surface area contributed by atoms with Gasteiger partial charge in [0.25, 0.3) is 0 Å². The minimum Gasteiger partial charge on any atom is -0.385 e. The first-order valence-electron chi connectivity index (χ1n) is 3.78. The predicted molar refractivity (Wildman–Crippen MR) is 49.9 cm³/mol. The molecule has 0 fully saturated rings. The highest BCUT2D eigenvalue weighted by molar-refractivity contribution is 9.10. The van der Waals surface area contributed by atoms with Crippen molar-refractivity contribution in [2.75, 3.05) is 13.7 Å². The lowest BCUT2D eigenvalue weighted by atomic mass is 10.3. The van der Waals surface area contributed by atoms with Crippen molar-refractivity contribution < 1.29 is 4.74 Å². The molecule has 0 aromatic carbocycles. The van der Waals surface area contributed by atoms with Crippen molar-refractivity contribution in [3.63, 3.8) is 0 Å². The molecule has 0 aliphatic rings. The van der Waals surface area contributed by atoms with Crippen LogP contribution in [-0.4, -0.2) is 23.7 Å². The van der Waals surface area contributed by atoms with E-state index in [-0.39, 0.29) is 0 Å². The smallest absolute Gasteiger partial charge is 0.128 e. The van der Waals surface area contributed by atoms with E-state index < -0.39 is 0 Å². The molecule has 0 unspecified atom stereocenters. The molecular weight excluding hydrogens is 220 g/mol. The zero-order chi connectivity index (χ0) is 8.81. The third kappa shape index (κ3) is 3.28. The van der Waals surface area contributed by atoms with E-state index in [1.165, 1.54) is 0 Å². The first kappa shape index (κ1) is 9.61. The van der Waals surface area contributed by atoms with Crippen molar-refractivity contribution >= 4 is 15.9 Å². The van der Waals surface area contributed by atoms with Crippen molar-refractivity contribution in [2.24, 2.45) is 0 Å². The molecule has 0 aliphatic heterocycles. The van der Waals surface area contributed by atoms with Gasteiger partial charge in [-0.15, -0.1) is 0 Å². The molecule has 0 aliphatic carbocycles. The number of nitrogens with zero attached hydrogens (tertiary/aromatic N) is 2. The Morgan fingerprint density at radius 2 is 2.08 bits per heavy atom. The van der Waals surface area contributed by atoms with Crippen LogP contribution < -0.4 is 0 Å². The molecule has 0 saturated carbocycles. The summed E-state index contributed by atoms with van der Waals surface area (Å²) in [6.45, 7) is 0.763. The molecule has 0 radical (unpaired) electrons. The molecule has 0 spiro atoms. The molecule has 0 bridgehead atoms. The summed E-state index contributed by atoms with van der Waals surface area (Å²) in [5.41, 5.74) is 0. The van der Waals surface area contributed by atoms with Crippen molar-refractivity contribution in [3.8, 4) is 0 Å². The van der Waals surface area contributed by atoms with Gasteiger partial charge in [0.15, 0.2) is 0 Å². The summed E-state index contributed by atoms with van der Waals surface area (Å²) < 4.78 is 5.84. The Balaban J connectivity index is 2.37. The fraction of sp³-hybridized carbons (Fsp3) is 0.500. The lowest BCUT2D eigenvalue weighted by Gasteiger charge is -1.98. The van der Waals surface area contributed by atoms with E-state index in [4.69, 9.17) is 4.74 Å². The molecule has 0 atom stereocenters.